The van der Waals surface area contributed by atoms with Crippen molar-refractivity contribution in [3.63, 3.8) is 0 Å². The van der Waals surface area contributed by atoms with E-state index in [-0.39, 0.29) is 47.3 Å². The molecule has 0 saturated carbocycles. The molecule has 0 bridgehead atoms. The number of hydrogen-bond acceptors (Lipinski definition) is 7. The highest BCUT2D eigenvalue weighted by Gasteiger charge is 2.30. The van der Waals surface area contributed by atoms with Crippen LogP contribution in [-0.4, -0.2) is 51.8 Å². The monoisotopic (exact) mass is 571 g/mol. The molecule has 0 radical (unpaired) electrons. The summed E-state index contributed by atoms with van der Waals surface area (Å²) >= 11 is 2.74. The fourth-order valence-corrected chi connectivity index (χ4v) is 7.04. The number of carbonyl (C=O) groups is 1. The van der Waals surface area contributed by atoms with Crippen molar-refractivity contribution in [1.29, 1.82) is 0 Å². The lowest BCUT2D eigenvalue weighted by Crippen LogP contribution is -2.44. The number of aryl methyl sites for hydroxylation is 1. The Labute approximate surface area is 229 Å². The third-order valence-electron chi connectivity index (χ3n) is 7.09. The summed E-state index contributed by atoms with van der Waals surface area (Å²) in [6.07, 6.45) is 2.86. The van der Waals surface area contributed by atoms with Gasteiger partial charge in [-0.2, -0.15) is 0 Å². The first-order valence-corrected chi connectivity index (χ1v) is 13.6. The lowest BCUT2D eigenvalue weighted by molar-refractivity contribution is -0.113. The minimum Gasteiger partial charge on any atom is -0.309 e. The number of rotatable bonds is 5. The van der Waals surface area contributed by atoms with Crippen molar-refractivity contribution >= 4 is 69.9 Å². The van der Waals surface area contributed by atoms with Crippen molar-refractivity contribution in [2.75, 3.05) is 30.7 Å². The Morgan fingerprint density at radius 3 is 2.69 bits per heavy atom. The minimum atomic E-state index is -0.188. The number of nitrogens with one attached hydrogen (secondary N) is 2. The molecule has 0 spiro atoms. The summed E-state index contributed by atoms with van der Waals surface area (Å²) in [6, 6.07) is 7.72. The quantitative estimate of drug-likeness (QED) is 0.477. The van der Waals surface area contributed by atoms with Gasteiger partial charge in [0.1, 0.15) is 11.6 Å². The summed E-state index contributed by atoms with van der Waals surface area (Å²) in [6.45, 7) is 4.10. The third-order valence-corrected chi connectivity index (χ3v) is 9.09. The summed E-state index contributed by atoms with van der Waals surface area (Å²) in [5.41, 5.74) is 2.47. The number of likely N-dealkylation sites (tertiary alicyclic amines) is 1. The second-order valence-electron chi connectivity index (χ2n) is 9.25. The standard InChI is InChI=1S/C24H26FN5O2S2.2ClH/c25-17-2-4-18-22-21(17)14(5-10-30(22)24(32)34-18)12-29-8-6-15(7-9-29)26-11-16-1-3-19-23(27-16)28-20(31)13-33-19;;/h1-4,14-15,26H,5-13H2,(H,27,28,31);2*1H. The second-order valence-corrected chi connectivity index (χ2v) is 11.3. The molecule has 3 aromatic rings. The van der Waals surface area contributed by atoms with E-state index >= 15 is 0 Å². The van der Waals surface area contributed by atoms with Crippen molar-refractivity contribution < 1.29 is 9.18 Å². The molecule has 1 aromatic carbocycles. The van der Waals surface area contributed by atoms with E-state index in [0.717, 1.165) is 65.3 Å². The van der Waals surface area contributed by atoms with Gasteiger partial charge in [-0.1, -0.05) is 11.3 Å². The Balaban J connectivity index is 0.00000152. The zero-order valence-electron chi connectivity index (χ0n) is 19.5. The molecule has 12 heteroatoms. The van der Waals surface area contributed by atoms with Gasteiger partial charge in [-0.3, -0.25) is 14.2 Å². The molecule has 2 aromatic heterocycles. The highest BCUT2D eigenvalue weighted by molar-refractivity contribution is 8.00. The molecular weight excluding hydrogens is 544 g/mol. The number of amides is 1. The van der Waals surface area contributed by atoms with Gasteiger partial charge >= 0.3 is 4.87 Å². The Morgan fingerprint density at radius 1 is 1.08 bits per heavy atom. The number of thioether (sulfide) groups is 1. The number of carbonyl (C=O) groups excluding carboxylic acids is 1. The van der Waals surface area contributed by atoms with Crippen LogP contribution in [0, 0.1) is 5.82 Å². The van der Waals surface area contributed by atoms with Crippen LogP contribution < -0.4 is 15.5 Å². The third kappa shape index (κ3) is 5.30. The summed E-state index contributed by atoms with van der Waals surface area (Å²) in [5.74, 6) is 1.04. The molecule has 1 atom stereocenters. The number of anilines is 1. The lowest BCUT2D eigenvalue weighted by Gasteiger charge is -2.36. The van der Waals surface area contributed by atoms with Crippen LogP contribution in [0.25, 0.3) is 10.2 Å². The van der Waals surface area contributed by atoms with Gasteiger partial charge in [-0.05, 0) is 56.6 Å². The molecule has 3 aliphatic rings. The van der Waals surface area contributed by atoms with Crippen LogP contribution in [0.15, 0.2) is 34.0 Å². The summed E-state index contributed by atoms with van der Waals surface area (Å²) in [5, 5.41) is 6.47. The zero-order chi connectivity index (χ0) is 23.2. The molecule has 36 heavy (non-hydrogen) atoms. The van der Waals surface area contributed by atoms with Crippen LogP contribution in [-0.2, 0) is 17.9 Å². The molecule has 3 aliphatic heterocycles. The number of hydrogen-bond donors (Lipinski definition) is 2. The molecule has 1 amide bonds. The maximum absolute atomic E-state index is 14.8. The largest absolute Gasteiger partial charge is 0.309 e. The van der Waals surface area contributed by atoms with E-state index in [4.69, 9.17) is 0 Å². The number of benzene rings is 1. The van der Waals surface area contributed by atoms with Gasteiger partial charge in [-0.25, -0.2) is 9.37 Å². The first kappa shape index (κ1) is 27.3. The molecule has 6 rings (SSSR count). The Bertz CT molecular complexity index is 1330. The molecule has 0 aliphatic carbocycles. The van der Waals surface area contributed by atoms with Gasteiger partial charge in [-0.15, -0.1) is 36.6 Å². The van der Waals surface area contributed by atoms with Crippen molar-refractivity contribution in [3.05, 3.63) is 51.0 Å². The van der Waals surface area contributed by atoms with E-state index in [1.54, 1.807) is 10.6 Å². The molecule has 194 valence electrons. The van der Waals surface area contributed by atoms with E-state index in [1.807, 2.05) is 12.1 Å². The van der Waals surface area contributed by atoms with Gasteiger partial charge < -0.3 is 15.5 Å². The van der Waals surface area contributed by atoms with Crippen LogP contribution in [0.5, 0.6) is 0 Å². The molecule has 5 heterocycles. The van der Waals surface area contributed by atoms with E-state index in [1.165, 1.54) is 29.2 Å². The van der Waals surface area contributed by atoms with E-state index in [0.29, 0.717) is 30.7 Å². The van der Waals surface area contributed by atoms with Gasteiger partial charge in [0, 0.05) is 37.2 Å². The Morgan fingerprint density at radius 2 is 1.89 bits per heavy atom. The van der Waals surface area contributed by atoms with Crippen LogP contribution in [0.4, 0.5) is 10.2 Å². The maximum atomic E-state index is 14.8. The van der Waals surface area contributed by atoms with Crippen molar-refractivity contribution in [2.24, 2.45) is 0 Å². The van der Waals surface area contributed by atoms with Gasteiger partial charge in [0.2, 0.25) is 5.91 Å². The van der Waals surface area contributed by atoms with Crippen LogP contribution in [0.2, 0.25) is 0 Å². The van der Waals surface area contributed by atoms with Crippen molar-refractivity contribution in [1.82, 2.24) is 19.8 Å². The number of thiazole rings is 1. The maximum Gasteiger partial charge on any atom is 0.308 e. The number of pyridine rings is 1. The van der Waals surface area contributed by atoms with Crippen LogP contribution in [0.1, 0.15) is 36.4 Å². The fourth-order valence-electron chi connectivity index (χ4n) is 5.35. The van der Waals surface area contributed by atoms with E-state index in [2.05, 4.69) is 20.5 Å². The van der Waals surface area contributed by atoms with E-state index in [9.17, 15) is 14.0 Å². The SMILES string of the molecule is Cl.Cl.O=C1CSc2ccc(CNC3CCN(CC4CCn5c(=O)sc6ccc(F)c4c65)CC3)nc2N1. The second kappa shape index (κ2) is 11.4. The zero-order valence-corrected chi connectivity index (χ0v) is 22.8. The molecular formula is C24H28Cl2FN5O2S2. The normalized spacial score (nSPS) is 19.8. The van der Waals surface area contributed by atoms with Gasteiger partial charge in [0.25, 0.3) is 0 Å². The lowest BCUT2D eigenvalue weighted by atomic mass is 9.90. The van der Waals surface area contributed by atoms with Gasteiger partial charge in [0.15, 0.2) is 0 Å². The first-order chi connectivity index (χ1) is 16.5. The number of fused-ring (bicyclic) bond motifs is 1. The van der Waals surface area contributed by atoms with Crippen LogP contribution >= 0.6 is 47.9 Å². The molecule has 1 fully saturated rings. The minimum absolute atomic E-state index is 0. The number of piperidine rings is 1. The van der Waals surface area contributed by atoms with E-state index < -0.39 is 0 Å². The van der Waals surface area contributed by atoms with Crippen LogP contribution in [0.3, 0.4) is 0 Å². The Kier molecular flexibility index (Phi) is 8.63. The van der Waals surface area contributed by atoms with Gasteiger partial charge in [0.05, 0.1) is 26.6 Å². The smallest absolute Gasteiger partial charge is 0.308 e. The molecule has 1 saturated heterocycles. The molecule has 7 nitrogen and oxygen atoms in total. The molecule has 1 unspecified atom stereocenters. The predicted octanol–water partition coefficient (Wildman–Crippen LogP) is 4.23. The predicted molar refractivity (Wildman–Crippen MR) is 148 cm³/mol. The summed E-state index contributed by atoms with van der Waals surface area (Å²) in [4.78, 5) is 32.0. The topological polar surface area (TPSA) is 79.3 Å². The van der Waals surface area contributed by atoms with Crippen molar-refractivity contribution in [2.45, 2.75) is 49.2 Å². The average molecular weight is 573 g/mol. The average Bonchev–Trinajstić information content (AvgIpc) is 3.17. The first-order valence-electron chi connectivity index (χ1n) is 11.7. The summed E-state index contributed by atoms with van der Waals surface area (Å²) in [7, 11) is 0. The number of aromatic nitrogens is 2. The van der Waals surface area contributed by atoms with Crippen molar-refractivity contribution in [3.8, 4) is 0 Å². The molecule has 2 N–H and O–H groups in total. The highest BCUT2D eigenvalue weighted by atomic mass is 35.5. The Hall–Kier alpha value is -1.69. The summed E-state index contributed by atoms with van der Waals surface area (Å²) < 4.78 is 17.5. The fraction of sp³-hybridized carbons (Fsp3) is 0.458. The number of halogens is 3. The highest BCUT2D eigenvalue weighted by Crippen LogP contribution is 2.37. The number of nitrogens with zero attached hydrogens (tertiary/aromatic N) is 3.